The van der Waals surface area contributed by atoms with Gasteiger partial charge in [-0.1, -0.05) is 54.1 Å². The van der Waals surface area contributed by atoms with E-state index in [0.29, 0.717) is 54.9 Å². The molecule has 1 amide bonds. The Morgan fingerprint density at radius 3 is 2.72 bits per heavy atom. The van der Waals surface area contributed by atoms with Crippen molar-refractivity contribution in [3.05, 3.63) is 112 Å². The molecule has 9 nitrogen and oxygen atoms in total. The number of hydrogen-bond acceptors (Lipinski definition) is 8. The number of halogens is 2. The number of alkyl halides is 1. The first kappa shape index (κ1) is 33.1. The fourth-order valence-electron chi connectivity index (χ4n) is 6.24. The zero-order valence-electron chi connectivity index (χ0n) is 26.3. The third kappa shape index (κ3) is 7.05. The number of nitrogens with one attached hydrogen (secondary N) is 3. The number of hydrogen-bond donors (Lipinski definition) is 4. The van der Waals surface area contributed by atoms with E-state index in [1.54, 1.807) is 14.0 Å². The van der Waals surface area contributed by atoms with Crippen molar-refractivity contribution in [2.24, 2.45) is 0 Å². The van der Waals surface area contributed by atoms with Crippen molar-refractivity contribution >= 4 is 45.6 Å². The molecule has 4 N–H and O–H groups in total. The summed E-state index contributed by atoms with van der Waals surface area (Å²) in [6.45, 7) is 4.00. The van der Waals surface area contributed by atoms with E-state index in [9.17, 15) is 9.90 Å². The van der Waals surface area contributed by atoms with Gasteiger partial charge in [-0.15, -0.1) is 11.6 Å². The molecule has 6 rings (SSSR count). The van der Waals surface area contributed by atoms with Crippen LogP contribution in [0.15, 0.2) is 79.2 Å². The molecule has 1 aromatic carbocycles. The molecule has 1 saturated heterocycles. The van der Waals surface area contributed by atoms with Gasteiger partial charge in [0.2, 0.25) is 11.8 Å². The number of nitrogens with zero attached hydrogens (tertiary/aromatic N) is 3. The number of carbonyl (C=O) groups is 1. The Labute approximate surface area is 284 Å². The van der Waals surface area contributed by atoms with E-state index in [1.807, 2.05) is 79.2 Å². The average Bonchev–Trinajstić information content (AvgIpc) is 3.49. The summed E-state index contributed by atoms with van der Waals surface area (Å²) in [4.78, 5) is 26.4. The molecule has 0 saturated carbocycles. The number of ether oxygens (including phenoxy) is 1. The van der Waals surface area contributed by atoms with Crippen LogP contribution in [-0.2, 0) is 23.3 Å². The van der Waals surface area contributed by atoms with E-state index in [4.69, 9.17) is 42.9 Å². The van der Waals surface area contributed by atoms with Crippen molar-refractivity contribution in [1.29, 1.82) is 0 Å². The van der Waals surface area contributed by atoms with Gasteiger partial charge in [-0.2, -0.15) is 0 Å². The first-order valence-electron chi connectivity index (χ1n) is 15.7. The van der Waals surface area contributed by atoms with Crippen LogP contribution in [0.2, 0.25) is 5.02 Å². The summed E-state index contributed by atoms with van der Waals surface area (Å²) in [5.41, 5.74) is 4.68. The number of methoxy groups -OCH3 is 1. The molecular weight excluding hydrogens is 635 g/mol. The van der Waals surface area contributed by atoms with Gasteiger partial charge in [-0.25, -0.2) is 4.98 Å². The average molecular weight is 674 g/mol. The highest BCUT2D eigenvalue weighted by Crippen LogP contribution is 2.48. The number of aromatic nitrogens is 3. The van der Waals surface area contributed by atoms with E-state index in [2.05, 4.69) is 16.0 Å². The minimum absolute atomic E-state index is 0.0923. The van der Waals surface area contributed by atoms with E-state index in [1.165, 1.54) is 0 Å². The van der Waals surface area contributed by atoms with Crippen molar-refractivity contribution in [1.82, 2.24) is 30.9 Å². The third-order valence-electron chi connectivity index (χ3n) is 8.66. The van der Waals surface area contributed by atoms with E-state index in [-0.39, 0.29) is 11.9 Å². The van der Waals surface area contributed by atoms with Gasteiger partial charge in [0.15, 0.2) is 0 Å². The number of amides is 1. The highest BCUT2D eigenvalue weighted by molar-refractivity contribution is 6.34. The molecule has 4 aromatic rings. The lowest BCUT2D eigenvalue weighted by Gasteiger charge is -2.38. The lowest BCUT2D eigenvalue weighted by molar-refractivity contribution is -0.119. The predicted octanol–water partition coefficient (Wildman–Crippen LogP) is 5.07. The molecule has 1 aliphatic carbocycles. The smallest absolute Gasteiger partial charge is 0.220 e. The summed E-state index contributed by atoms with van der Waals surface area (Å²) in [6, 6.07) is 15.8. The molecule has 0 bridgehead atoms. The summed E-state index contributed by atoms with van der Waals surface area (Å²) < 4.78 is 5.82. The van der Waals surface area contributed by atoms with Gasteiger partial charge in [-0.05, 0) is 54.3 Å². The van der Waals surface area contributed by atoms with E-state index in [0.717, 1.165) is 39.6 Å². The highest BCUT2D eigenvalue weighted by Gasteiger charge is 2.46. The maximum atomic E-state index is 11.6. The second-order valence-electron chi connectivity index (χ2n) is 12.1. The fourth-order valence-corrected chi connectivity index (χ4v) is 6.97. The van der Waals surface area contributed by atoms with E-state index < -0.39 is 16.9 Å². The van der Waals surface area contributed by atoms with Crippen molar-refractivity contribution in [3.63, 3.8) is 0 Å². The Morgan fingerprint density at radius 1 is 1.11 bits per heavy atom. The molecule has 244 valence electrons. The molecule has 11 heteroatoms. The van der Waals surface area contributed by atoms with Crippen LogP contribution >= 0.6 is 23.2 Å². The number of aliphatic hydroxyl groups is 1. The summed E-state index contributed by atoms with van der Waals surface area (Å²) in [6.07, 6.45) is 10.6. The van der Waals surface area contributed by atoms with Gasteiger partial charge in [0.25, 0.3) is 0 Å². The van der Waals surface area contributed by atoms with Gasteiger partial charge in [0.1, 0.15) is 0 Å². The summed E-state index contributed by atoms with van der Waals surface area (Å²) in [5, 5.41) is 20.1. The molecular formula is C36H38Cl2N6O3. The van der Waals surface area contributed by atoms with Gasteiger partial charge in [0.05, 0.1) is 40.9 Å². The van der Waals surface area contributed by atoms with Crippen LogP contribution in [-0.4, -0.2) is 63.7 Å². The van der Waals surface area contributed by atoms with Crippen molar-refractivity contribution in [2.75, 3.05) is 20.2 Å². The fraction of sp³-hybridized carbons (Fsp3) is 0.333. The first-order valence-corrected chi connectivity index (χ1v) is 16.6. The third-order valence-corrected chi connectivity index (χ3v) is 9.56. The summed E-state index contributed by atoms with van der Waals surface area (Å²) in [7, 11) is 1.61. The lowest BCUT2D eigenvalue weighted by Crippen LogP contribution is -2.40. The van der Waals surface area contributed by atoms with Crippen LogP contribution in [0.5, 0.6) is 5.88 Å². The minimum atomic E-state index is -0.995. The molecule has 4 atom stereocenters. The Balaban J connectivity index is 1.38. The van der Waals surface area contributed by atoms with Crippen molar-refractivity contribution < 1.29 is 14.6 Å². The maximum absolute atomic E-state index is 11.6. The van der Waals surface area contributed by atoms with Gasteiger partial charge < -0.3 is 25.8 Å². The quantitative estimate of drug-likeness (QED) is 0.154. The molecule has 1 aliphatic heterocycles. The van der Waals surface area contributed by atoms with Gasteiger partial charge in [0, 0.05) is 67.0 Å². The molecule has 1 fully saturated rings. The second-order valence-corrected chi connectivity index (χ2v) is 12.9. The predicted molar refractivity (Wildman–Crippen MR) is 186 cm³/mol. The number of allylic oxidation sites excluding steroid dienone is 4. The molecule has 0 spiro atoms. The molecule has 47 heavy (non-hydrogen) atoms. The number of aliphatic hydroxyl groups excluding tert-OH is 1. The normalized spacial score (nSPS) is 21.5. The van der Waals surface area contributed by atoms with Crippen LogP contribution in [0.25, 0.3) is 16.5 Å². The largest absolute Gasteiger partial charge is 0.481 e. The zero-order chi connectivity index (χ0) is 33.0. The Hall–Kier alpha value is -3.86. The molecule has 0 radical (unpaired) electrons. The van der Waals surface area contributed by atoms with E-state index >= 15 is 0 Å². The Morgan fingerprint density at radius 2 is 1.96 bits per heavy atom. The number of fused-ring (bicyclic) bond motifs is 1. The van der Waals surface area contributed by atoms with Gasteiger partial charge in [-0.3, -0.25) is 14.8 Å². The number of rotatable bonds is 12. The zero-order valence-corrected chi connectivity index (χ0v) is 27.9. The van der Waals surface area contributed by atoms with Crippen molar-refractivity contribution in [2.45, 2.75) is 55.8 Å². The molecule has 4 heterocycles. The van der Waals surface area contributed by atoms with Crippen LogP contribution in [0.4, 0.5) is 0 Å². The summed E-state index contributed by atoms with van der Waals surface area (Å²) in [5.74, 6) is 0.568. The molecule has 3 aromatic heterocycles. The second kappa shape index (κ2) is 14.5. The Bertz CT molecular complexity index is 1830. The number of carbonyl (C=O) groups excluding carboxylic acids is 1. The van der Waals surface area contributed by atoms with Crippen LogP contribution < -0.4 is 20.7 Å². The lowest BCUT2D eigenvalue weighted by atomic mass is 9.70. The Kier molecular flexibility index (Phi) is 10.2. The first-order chi connectivity index (χ1) is 22.8. The standard InChI is InChI=1S/C36H38Cl2N6O3/c1-22(45)16-39-17-23-14-25-20-42-32(15-30(25)41-18-23)36(13-5-7-28(34(36)38)27-6-3-4-8-29(27)37)31-11-9-24(35(44-31)47-2)19-40-21-26-10-12-33(46)43-26/h3-9,11,13-15,18,20,22,26,34,39-40,45H,10,12,16-17,19,21H2,1-2H3,(H,43,46)/t22?,26-,34?,36?/m1/s1. The summed E-state index contributed by atoms with van der Waals surface area (Å²) >= 11 is 14.2. The topological polar surface area (TPSA) is 121 Å². The minimum Gasteiger partial charge on any atom is -0.481 e. The molecule has 3 unspecified atom stereocenters. The SMILES string of the molecule is COc1nc(C2(c3cc4ncc(CNCC(C)O)cc4cn3)C=CC=C(c3ccccc3Cl)C2Cl)ccc1CNC[C@H]1CCC(=O)N1. The molecule has 2 aliphatic rings. The number of benzene rings is 1. The van der Waals surface area contributed by atoms with Crippen molar-refractivity contribution in [3.8, 4) is 5.88 Å². The monoisotopic (exact) mass is 672 g/mol. The van der Waals surface area contributed by atoms with Crippen LogP contribution in [0.3, 0.4) is 0 Å². The highest BCUT2D eigenvalue weighted by atomic mass is 35.5. The van der Waals surface area contributed by atoms with Gasteiger partial charge >= 0.3 is 0 Å². The van der Waals surface area contributed by atoms with Crippen LogP contribution in [0, 0.1) is 0 Å². The van der Waals surface area contributed by atoms with Crippen LogP contribution in [0.1, 0.15) is 47.8 Å². The number of pyridine rings is 3. The maximum Gasteiger partial charge on any atom is 0.220 e.